The molecule has 1 aliphatic carbocycles. The van der Waals surface area contributed by atoms with E-state index in [1.54, 1.807) is 0 Å². The molecule has 2 aliphatic rings. The minimum atomic E-state index is 0.166. The summed E-state index contributed by atoms with van der Waals surface area (Å²) in [5.41, 5.74) is 0. The molecule has 0 aromatic carbocycles. The SMILES string of the molecule is CCC1CC1NC(=O)CC1COCCN1. The third-order valence-electron chi connectivity index (χ3n) is 3.22. The number of carbonyl (C=O) groups is 1. The van der Waals surface area contributed by atoms with Crippen LogP contribution in [0, 0.1) is 5.92 Å². The van der Waals surface area contributed by atoms with Crippen LogP contribution in [0.15, 0.2) is 0 Å². The van der Waals surface area contributed by atoms with Crippen LogP contribution in [0.3, 0.4) is 0 Å². The van der Waals surface area contributed by atoms with E-state index in [-0.39, 0.29) is 11.9 Å². The van der Waals surface area contributed by atoms with Crippen LogP contribution in [-0.2, 0) is 9.53 Å². The fraction of sp³-hybridized carbons (Fsp3) is 0.909. The largest absolute Gasteiger partial charge is 0.378 e. The molecule has 0 spiro atoms. The van der Waals surface area contributed by atoms with Gasteiger partial charge in [-0.25, -0.2) is 0 Å². The molecule has 2 fully saturated rings. The molecule has 3 atom stereocenters. The van der Waals surface area contributed by atoms with Crippen molar-refractivity contribution in [3.63, 3.8) is 0 Å². The molecule has 15 heavy (non-hydrogen) atoms. The van der Waals surface area contributed by atoms with Gasteiger partial charge >= 0.3 is 0 Å². The van der Waals surface area contributed by atoms with Gasteiger partial charge in [-0.2, -0.15) is 0 Å². The summed E-state index contributed by atoms with van der Waals surface area (Å²) in [5, 5.41) is 6.35. The third-order valence-corrected chi connectivity index (χ3v) is 3.22. The molecule has 4 heteroatoms. The Morgan fingerprint density at radius 3 is 3.07 bits per heavy atom. The predicted molar refractivity (Wildman–Crippen MR) is 57.6 cm³/mol. The molecular formula is C11H20N2O2. The van der Waals surface area contributed by atoms with Gasteiger partial charge in [-0.1, -0.05) is 13.3 Å². The van der Waals surface area contributed by atoms with E-state index in [2.05, 4.69) is 17.6 Å². The van der Waals surface area contributed by atoms with Crippen molar-refractivity contribution in [3.05, 3.63) is 0 Å². The topological polar surface area (TPSA) is 50.4 Å². The predicted octanol–water partition coefficient (Wildman–Crippen LogP) is 0.280. The smallest absolute Gasteiger partial charge is 0.221 e. The first-order valence-corrected chi connectivity index (χ1v) is 5.90. The van der Waals surface area contributed by atoms with Crippen LogP contribution < -0.4 is 10.6 Å². The molecule has 86 valence electrons. The number of hydrogen-bond acceptors (Lipinski definition) is 3. The summed E-state index contributed by atoms with van der Waals surface area (Å²) in [5.74, 6) is 0.892. The van der Waals surface area contributed by atoms with Gasteiger partial charge in [-0.15, -0.1) is 0 Å². The maximum atomic E-state index is 11.6. The van der Waals surface area contributed by atoms with E-state index >= 15 is 0 Å². The van der Waals surface area contributed by atoms with Crippen molar-refractivity contribution in [3.8, 4) is 0 Å². The lowest BCUT2D eigenvalue weighted by Crippen LogP contribution is -2.44. The summed E-state index contributed by atoms with van der Waals surface area (Å²) in [6, 6.07) is 0.657. The van der Waals surface area contributed by atoms with Crippen LogP contribution in [-0.4, -0.2) is 37.7 Å². The zero-order chi connectivity index (χ0) is 10.7. The highest BCUT2D eigenvalue weighted by molar-refractivity contribution is 5.77. The van der Waals surface area contributed by atoms with Gasteiger partial charge in [0.2, 0.25) is 5.91 Å². The van der Waals surface area contributed by atoms with Crippen molar-refractivity contribution in [2.75, 3.05) is 19.8 Å². The molecule has 2 rings (SSSR count). The van der Waals surface area contributed by atoms with Gasteiger partial charge < -0.3 is 15.4 Å². The number of carbonyl (C=O) groups excluding carboxylic acids is 1. The van der Waals surface area contributed by atoms with E-state index in [4.69, 9.17) is 4.74 Å². The molecule has 4 nitrogen and oxygen atoms in total. The number of rotatable bonds is 4. The second kappa shape index (κ2) is 4.94. The van der Waals surface area contributed by atoms with Gasteiger partial charge in [0, 0.05) is 25.0 Å². The lowest BCUT2D eigenvalue weighted by molar-refractivity contribution is -0.122. The Bertz CT molecular complexity index is 227. The molecule has 0 aromatic heterocycles. The van der Waals surface area contributed by atoms with Crippen LogP contribution >= 0.6 is 0 Å². The van der Waals surface area contributed by atoms with Gasteiger partial charge in [-0.05, 0) is 12.3 Å². The van der Waals surface area contributed by atoms with Crippen LogP contribution in [0.25, 0.3) is 0 Å². The van der Waals surface area contributed by atoms with E-state index < -0.39 is 0 Å². The highest BCUT2D eigenvalue weighted by atomic mass is 16.5. The zero-order valence-electron chi connectivity index (χ0n) is 9.29. The Morgan fingerprint density at radius 2 is 2.47 bits per heavy atom. The summed E-state index contributed by atoms with van der Waals surface area (Å²) >= 11 is 0. The number of ether oxygens (including phenoxy) is 1. The van der Waals surface area contributed by atoms with Gasteiger partial charge in [-0.3, -0.25) is 4.79 Å². The van der Waals surface area contributed by atoms with Gasteiger partial charge in [0.25, 0.3) is 0 Å². The average molecular weight is 212 g/mol. The monoisotopic (exact) mass is 212 g/mol. The Labute approximate surface area is 90.8 Å². The molecular weight excluding hydrogens is 192 g/mol. The third kappa shape index (κ3) is 3.18. The molecule has 1 amide bonds. The molecule has 1 heterocycles. The van der Waals surface area contributed by atoms with Gasteiger partial charge in [0.1, 0.15) is 0 Å². The number of morpholine rings is 1. The van der Waals surface area contributed by atoms with Gasteiger partial charge in [0.15, 0.2) is 0 Å². The minimum Gasteiger partial charge on any atom is -0.378 e. The second-order valence-electron chi connectivity index (χ2n) is 4.51. The normalized spacial score (nSPS) is 34.9. The highest BCUT2D eigenvalue weighted by Gasteiger charge is 2.36. The summed E-state index contributed by atoms with van der Waals surface area (Å²) in [4.78, 5) is 11.6. The Balaban J connectivity index is 1.64. The fourth-order valence-corrected chi connectivity index (χ4v) is 2.12. The van der Waals surface area contributed by atoms with E-state index in [0.717, 1.165) is 25.5 Å². The summed E-state index contributed by atoms with van der Waals surface area (Å²) in [7, 11) is 0. The molecule has 3 unspecified atom stereocenters. The van der Waals surface area contributed by atoms with Crippen molar-refractivity contribution >= 4 is 5.91 Å². The van der Waals surface area contributed by atoms with Crippen LogP contribution in [0.2, 0.25) is 0 Å². The Kier molecular flexibility index (Phi) is 3.59. The highest BCUT2D eigenvalue weighted by Crippen LogP contribution is 2.33. The molecule has 2 N–H and O–H groups in total. The Morgan fingerprint density at radius 1 is 1.60 bits per heavy atom. The van der Waals surface area contributed by atoms with E-state index in [0.29, 0.717) is 19.1 Å². The maximum Gasteiger partial charge on any atom is 0.221 e. The lowest BCUT2D eigenvalue weighted by Gasteiger charge is -2.23. The Hall–Kier alpha value is -0.610. The van der Waals surface area contributed by atoms with Crippen LogP contribution in [0.4, 0.5) is 0 Å². The van der Waals surface area contributed by atoms with E-state index in [1.807, 2.05) is 0 Å². The first-order valence-electron chi connectivity index (χ1n) is 5.90. The van der Waals surface area contributed by atoms with Crippen molar-refractivity contribution in [2.45, 2.75) is 38.3 Å². The summed E-state index contributed by atoms with van der Waals surface area (Å²) < 4.78 is 5.30. The average Bonchev–Trinajstić information content (AvgIpc) is 2.97. The standard InChI is InChI=1S/C11H20N2O2/c1-2-8-5-10(8)13-11(14)6-9-7-15-4-3-12-9/h8-10,12H,2-7H2,1H3,(H,13,14). The molecule has 0 radical (unpaired) electrons. The van der Waals surface area contributed by atoms with E-state index in [9.17, 15) is 4.79 Å². The molecule has 0 bridgehead atoms. The molecule has 1 saturated heterocycles. The van der Waals surface area contributed by atoms with E-state index in [1.165, 1.54) is 6.42 Å². The number of hydrogen-bond donors (Lipinski definition) is 2. The minimum absolute atomic E-state index is 0.166. The van der Waals surface area contributed by atoms with Crippen molar-refractivity contribution in [2.24, 2.45) is 5.92 Å². The molecule has 1 saturated carbocycles. The first-order chi connectivity index (χ1) is 7.29. The zero-order valence-corrected chi connectivity index (χ0v) is 9.29. The fourth-order valence-electron chi connectivity index (χ4n) is 2.12. The maximum absolute atomic E-state index is 11.6. The van der Waals surface area contributed by atoms with Crippen molar-refractivity contribution in [1.29, 1.82) is 0 Å². The lowest BCUT2D eigenvalue weighted by atomic mass is 10.2. The molecule has 1 aliphatic heterocycles. The van der Waals surface area contributed by atoms with Crippen LogP contribution in [0.1, 0.15) is 26.2 Å². The van der Waals surface area contributed by atoms with Crippen molar-refractivity contribution in [1.82, 2.24) is 10.6 Å². The second-order valence-corrected chi connectivity index (χ2v) is 4.51. The quantitative estimate of drug-likeness (QED) is 0.704. The number of amides is 1. The first kappa shape index (κ1) is 10.9. The molecule has 0 aromatic rings. The van der Waals surface area contributed by atoms with Gasteiger partial charge in [0.05, 0.1) is 13.2 Å². The summed E-state index contributed by atoms with van der Waals surface area (Å²) in [6.45, 7) is 4.46. The number of nitrogens with one attached hydrogen (secondary N) is 2. The van der Waals surface area contributed by atoms with Crippen LogP contribution in [0.5, 0.6) is 0 Å². The van der Waals surface area contributed by atoms with Crippen molar-refractivity contribution < 1.29 is 9.53 Å². The summed E-state index contributed by atoms with van der Waals surface area (Å²) in [6.07, 6.45) is 2.89.